The standard InChI is InChI=1S/C15H22BrClO/c1-2-3-8-18-9-7-14(12-16)10-13-5-4-6-15(17)11-13/h4-6,11,14H,2-3,7-10,12H2,1H3. The molecule has 1 aromatic rings. The van der Waals surface area contributed by atoms with E-state index in [1.165, 1.54) is 12.0 Å². The Labute approximate surface area is 124 Å². The quantitative estimate of drug-likeness (QED) is 0.451. The van der Waals surface area contributed by atoms with Gasteiger partial charge in [-0.05, 0) is 42.9 Å². The van der Waals surface area contributed by atoms with E-state index in [2.05, 4.69) is 35.0 Å². The molecule has 1 nitrogen and oxygen atoms in total. The van der Waals surface area contributed by atoms with Crippen LogP contribution in [0.4, 0.5) is 0 Å². The van der Waals surface area contributed by atoms with Crippen LogP contribution in [0.5, 0.6) is 0 Å². The molecular weight excluding hydrogens is 312 g/mol. The van der Waals surface area contributed by atoms with Gasteiger partial charge in [-0.2, -0.15) is 0 Å². The summed E-state index contributed by atoms with van der Waals surface area (Å²) in [7, 11) is 0. The normalized spacial score (nSPS) is 12.6. The minimum Gasteiger partial charge on any atom is -0.381 e. The molecule has 0 aliphatic heterocycles. The summed E-state index contributed by atoms with van der Waals surface area (Å²) in [6.07, 6.45) is 4.52. The minimum atomic E-state index is 0.616. The third-order valence-electron chi connectivity index (χ3n) is 2.94. The van der Waals surface area contributed by atoms with Gasteiger partial charge in [-0.15, -0.1) is 0 Å². The van der Waals surface area contributed by atoms with Crippen molar-refractivity contribution in [1.29, 1.82) is 0 Å². The number of rotatable bonds is 9. The van der Waals surface area contributed by atoms with Crippen LogP contribution in [0.15, 0.2) is 24.3 Å². The van der Waals surface area contributed by atoms with E-state index >= 15 is 0 Å². The van der Waals surface area contributed by atoms with Gasteiger partial charge in [0.25, 0.3) is 0 Å². The maximum absolute atomic E-state index is 6.00. The smallest absolute Gasteiger partial charge is 0.0469 e. The molecule has 0 saturated heterocycles. The van der Waals surface area contributed by atoms with Crippen molar-refractivity contribution in [2.45, 2.75) is 32.6 Å². The molecule has 0 saturated carbocycles. The van der Waals surface area contributed by atoms with Crippen molar-refractivity contribution >= 4 is 27.5 Å². The molecule has 1 unspecified atom stereocenters. The lowest BCUT2D eigenvalue weighted by molar-refractivity contribution is 0.120. The van der Waals surface area contributed by atoms with Crippen LogP contribution < -0.4 is 0 Å². The van der Waals surface area contributed by atoms with E-state index in [1.807, 2.05) is 12.1 Å². The zero-order valence-electron chi connectivity index (χ0n) is 11.0. The summed E-state index contributed by atoms with van der Waals surface area (Å²) in [5, 5.41) is 1.83. The zero-order chi connectivity index (χ0) is 13.2. The largest absolute Gasteiger partial charge is 0.381 e. The molecule has 0 N–H and O–H groups in total. The number of ether oxygens (including phenoxy) is 1. The molecule has 1 rings (SSSR count). The molecule has 18 heavy (non-hydrogen) atoms. The fourth-order valence-electron chi connectivity index (χ4n) is 1.83. The van der Waals surface area contributed by atoms with Crippen molar-refractivity contribution in [3.63, 3.8) is 0 Å². The first-order chi connectivity index (χ1) is 8.76. The highest BCUT2D eigenvalue weighted by Gasteiger charge is 2.08. The summed E-state index contributed by atoms with van der Waals surface area (Å²) in [5.74, 6) is 0.616. The number of alkyl halides is 1. The number of benzene rings is 1. The summed E-state index contributed by atoms with van der Waals surface area (Å²) >= 11 is 9.58. The van der Waals surface area contributed by atoms with Gasteiger partial charge in [-0.25, -0.2) is 0 Å². The molecule has 0 aliphatic rings. The Balaban J connectivity index is 2.28. The molecule has 0 fully saturated rings. The van der Waals surface area contributed by atoms with Crippen molar-refractivity contribution in [1.82, 2.24) is 0 Å². The van der Waals surface area contributed by atoms with Crippen molar-refractivity contribution in [2.24, 2.45) is 5.92 Å². The van der Waals surface area contributed by atoms with Crippen molar-refractivity contribution in [3.8, 4) is 0 Å². The van der Waals surface area contributed by atoms with E-state index in [0.717, 1.165) is 42.8 Å². The van der Waals surface area contributed by atoms with E-state index in [4.69, 9.17) is 16.3 Å². The average molecular weight is 334 g/mol. The van der Waals surface area contributed by atoms with Gasteiger partial charge in [0.05, 0.1) is 0 Å². The van der Waals surface area contributed by atoms with Crippen molar-refractivity contribution < 1.29 is 4.74 Å². The lowest BCUT2D eigenvalue weighted by atomic mass is 9.98. The monoisotopic (exact) mass is 332 g/mol. The first kappa shape index (κ1) is 16.0. The van der Waals surface area contributed by atoms with Crippen molar-refractivity contribution in [2.75, 3.05) is 18.5 Å². The highest BCUT2D eigenvalue weighted by atomic mass is 79.9. The van der Waals surface area contributed by atoms with E-state index in [0.29, 0.717) is 5.92 Å². The van der Waals surface area contributed by atoms with Gasteiger partial charge >= 0.3 is 0 Å². The zero-order valence-corrected chi connectivity index (χ0v) is 13.3. The first-order valence-corrected chi connectivity index (χ1v) is 8.14. The molecule has 3 heteroatoms. The molecule has 0 amide bonds. The Morgan fingerprint density at radius 1 is 1.33 bits per heavy atom. The molecule has 0 radical (unpaired) electrons. The fourth-order valence-corrected chi connectivity index (χ4v) is 2.60. The molecule has 0 heterocycles. The van der Waals surface area contributed by atoms with Gasteiger partial charge in [-0.1, -0.05) is 53.0 Å². The van der Waals surface area contributed by atoms with Gasteiger partial charge in [0.1, 0.15) is 0 Å². The highest BCUT2D eigenvalue weighted by molar-refractivity contribution is 9.09. The van der Waals surface area contributed by atoms with Gasteiger partial charge in [0, 0.05) is 23.6 Å². The van der Waals surface area contributed by atoms with Crippen LogP contribution in [-0.2, 0) is 11.2 Å². The predicted octanol–water partition coefficient (Wildman–Crippen LogP) is 5.10. The maximum Gasteiger partial charge on any atom is 0.0469 e. The SMILES string of the molecule is CCCCOCCC(CBr)Cc1cccc(Cl)c1. The van der Waals surface area contributed by atoms with Crippen molar-refractivity contribution in [3.05, 3.63) is 34.9 Å². The number of hydrogen-bond acceptors (Lipinski definition) is 1. The summed E-state index contributed by atoms with van der Waals surface area (Å²) in [6, 6.07) is 8.12. The van der Waals surface area contributed by atoms with Crippen LogP contribution in [-0.4, -0.2) is 18.5 Å². The molecule has 0 bridgehead atoms. The van der Waals surface area contributed by atoms with Gasteiger partial charge in [0.2, 0.25) is 0 Å². The van der Waals surface area contributed by atoms with Gasteiger partial charge < -0.3 is 4.74 Å². The van der Waals surface area contributed by atoms with Crippen LogP contribution >= 0.6 is 27.5 Å². The molecule has 0 aromatic heterocycles. The van der Waals surface area contributed by atoms with E-state index in [9.17, 15) is 0 Å². The third-order valence-corrected chi connectivity index (χ3v) is 4.10. The summed E-state index contributed by atoms with van der Waals surface area (Å²) in [4.78, 5) is 0. The van der Waals surface area contributed by atoms with E-state index in [1.54, 1.807) is 0 Å². The molecule has 0 spiro atoms. The Bertz CT molecular complexity index is 330. The second-order valence-corrected chi connectivity index (χ2v) is 5.69. The highest BCUT2D eigenvalue weighted by Crippen LogP contribution is 2.18. The average Bonchev–Trinajstić information content (AvgIpc) is 2.37. The van der Waals surface area contributed by atoms with E-state index in [-0.39, 0.29) is 0 Å². The Kier molecular flexibility index (Phi) is 8.74. The topological polar surface area (TPSA) is 9.23 Å². The lowest BCUT2D eigenvalue weighted by Crippen LogP contribution is -2.10. The van der Waals surface area contributed by atoms with Gasteiger partial charge in [0.15, 0.2) is 0 Å². The molecule has 1 atom stereocenters. The van der Waals surface area contributed by atoms with E-state index < -0.39 is 0 Å². The van der Waals surface area contributed by atoms with Crippen LogP contribution in [0.3, 0.4) is 0 Å². The first-order valence-electron chi connectivity index (χ1n) is 6.64. The van der Waals surface area contributed by atoms with Crippen LogP contribution in [0.2, 0.25) is 5.02 Å². The predicted molar refractivity (Wildman–Crippen MR) is 82.8 cm³/mol. The summed E-state index contributed by atoms with van der Waals surface area (Å²) in [5.41, 5.74) is 1.31. The summed E-state index contributed by atoms with van der Waals surface area (Å²) in [6.45, 7) is 3.93. The summed E-state index contributed by atoms with van der Waals surface area (Å²) < 4.78 is 5.62. The van der Waals surface area contributed by atoms with Gasteiger partial charge in [-0.3, -0.25) is 0 Å². The Hall–Kier alpha value is -0.0500. The molecule has 0 aliphatic carbocycles. The second-order valence-electron chi connectivity index (χ2n) is 4.61. The van der Waals surface area contributed by atoms with Crippen LogP contribution in [0.25, 0.3) is 0 Å². The number of hydrogen-bond donors (Lipinski definition) is 0. The van der Waals surface area contributed by atoms with Crippen LogP contribution in [0, 0.1) is 5.92 Å². The molecule has 102 valence electrons. The lowest BCUT2D eigenvalue weighted by Gasteiger charge is -2.14. The molecular formula is C15H22BrClO. The van der Waals surface area contributed by atoms with Crippen LogP contribution in [0.1, 0.15) is 31.7 Å². The Morgan fingerprint density at radius 2 is 2.17 bits per heavy atom. The number of halogens is 2. The second kappa shape index (κ2) is 9.82. The third kappa shape index (κ3) is 6.77. The fraction of sp³-hybridized carbons (Fsp3) is 0.600. The Morgan fingerprint density at radius 3 is 2.83 bits per heavy atom. The maximum atomic E-state index is 6.00. The minimum absolute atomic E-state index is 0.616. The molecule has 1 aromatic carbocycles. The number of unbranched alkanes of at least 4 members (excludes halogenated alkanes) is 1.